The second kappa shape index (κ2) is 4.45. The van der Waals surface area contributed by atoms with Gasteiger partial charge in [-0.2, -0.15) is 0 Å². The third kappa shape index (κ3) is 4.72. The number of allylic oxidation sites excluding steroid dienone is 6. The van der Waals surface area contributed by atoms with Gasteiger partial charge in [0.25, 0.3) is 0 Å². The summed E-state index contributed by atoms with van der Waals surface area (Å²) in [4.78, 5) is 0. The van der Waals surface area contributed by atoms with Crippen molar-refractivity contribution < 1.29 is 0 Å². The highest BCUT2D eigenvalue weighted by atomic mass is 14.1. The maximum Gasteiger partial charge on any atom is -0.0163 e. The average molecular weight is 176 g/mol. The van der Waals surface area contributed by atoms with E-state index in [2.05, 4.69) is 51.2 Å². The van der Waals surface area contributed by atoms with Gasteiger partial charge in [0.15, 0.2) is 0 Å². The molecule has 1 aliphatic carbocycles. The van der Waals surface area contributed by atoms with Crippen LogP contribution in [0.5, 0.6) is 0 Å². The Morgan fingerprint density at radius 3 is 2.69 bits per heavy atom. The van der Waals surface area contributed by atoms with Crippen LogP contribution in [-0.2, 0) is 0 Å². The molecule has 0 N–H and O–H groups in total. The van der Waals surface area contributed by atoms with Gasteiger partial charge in [-0.3, -0.25) is 0 Å². The first-order chi connectivity index (χ1) is 6.08. The van der Waals surface area contributed by atoms with E-state index in [-0.39, 0.29) is 0 Å². The van der Waals surface area contributed by atoms with Crippen molar-refractivity contribution in [3.05, 3.63) is 36.0 Å². The fourth-order valence-corrected chi connectivity index (χ4v) is 1.31. The summed E-state index contributed by atoms with van der Waals surface area (Å²) in [5.41, 5.74) is 1.91. The van der Waals surface area contributed by atoms with Crippen molar-refractivity contribution in [2.75, 3.05) is 0 Å². The molecule has 1 rings (SSSR count). The van der Waals surface area contributed by atoms with Crippen LogP contribution >= 0.6 is 0 Å². The molecule has 0 unspecified atom stereocenters. The molecule has 0 bridgehead atoms. The summed E-state index contributed by atoms with van der Waals surface area (Å²) in [5, 5.41) is 0. The molecule has 0 heteroatoms. The summed E-state index contributed by atoms with van der Waals surface area (Å²) in [6.07, 6.45) is 14.6. The minimum absolute atomic E-state index is 0.449. The Morgan fingerprint density at radius 2 is 2.00 bits per heavy atom. The smallest absolute Gasteiger partial charge is 0.0163 e. The predicted molar refractivity (Wildman–Crippen MR) is 59.7 cm³/mol. The molecule has 0 atom stereocenters. The lowest BCUT2D eigenvalue weighted by molar-refractivity contribution is 0.379. The van der Waals surface area contributed by atoms with Gasteiger partial charge in [-0.15, -0.1) is 0 Å². The van der Waals surface area contributed by atoms with Crippen molar-refractivity contribution in [3.63, 3.8) is 0 Å². The minimum Gasteiger partial charge on any atom is -0.0807 e. The van der Waals surface area contributed by atoms with E-state index in [1.807, 2.05) is 0 Å². The van der Waals surface area contributed by atoms with Crippen molar-refractivity contribution in [2.45, 2.75) is 40.0 Å². The molecule has 1 aliphatic rings. The highest BCUT2D eigenvalue weighted by molar-refractivity contribution is 5.27. The fourth-order valence-electron chi connectivity index (χ4n) is 1.31. The molecule has 0 heterocycles. The zero-order valence-corrected chi connectivity index (χ0v) is 9.01. The van der Waals surface area contributed by atoms with Gasteiger partial charge in [-0.05, 0) is 30.3 Å². The summed E-state index contributed by atoms with van der Waals surface area (Å²) in [5.74, 6) is 0. The van der Waals surface area contributed by atoms with E-state index >= 15 is 0 Å². The molecule has 0 amide bonds. The van der Waals surface area contributed by atoms with Crippen LogP contribution in [0.15, 0.2) is 36.0 Å². The normalized spacial score (nSPS) is 17.0. The summed E-state index contributed by atoms with van der Waals surface area (Å²) in [7, 11) is 0. The number of hydrogen-bond acceptors (Lipinski definition) is 0. The molecule has 0 aromatic heterocycles. The van der Waals surface area contributed by atoms with Gasteiger partial charge >= 0.3 is 0 Å². The van der Waals surface area contributed by atoms with Crippen LogP contribution in [0.2, 0.25) is 0 Å². The van der Waals surface area contributed by atoms with E-state index in [0.29, 0.717) is 5.41 Å². The Morgan fingerprint density at radius 1 is 1.23 bits per heavy atom. The molecule has 0 saturated heterocycles. The molecule has 0 spiro atoms. The minimum atomic E-state index is 0.449. The predicted octanol–water partition coefficient (Wildman–Crippen LogP) is 4.26. The van der Waals surface area contributed by atoms with Gasteiger partial charge in [0.05, 0.1) is 0 Å². The zero-order valence-electron chi connectivity index (χ0n) is 9.01. The Kier molecular flexibility index (Phi) is 3.53. The first-order valence-electron chi connectivity index (χ1n) is 5.10. The van der Waals surface area contributed by atoms with E-state index in [1.165, 1.54) is 18.4 Å². The van der Waals surface area contributed by atoms with Crippen LogP contribution in [0.25, 0.3) is 0 Å². The van der Waals surface area contributed by atoms with Crippen molar-refractivity contribution in [2.24, 2.45) is 5.41 Å². The molecular weight excluding hydrogens is 156 g/mol. The summed E-state index contributed by atoms with van der Waals surface area (Å²) in [6.45, 7) is 6.89. The van der Waals surface area contributed by atoms with Gasteiger partial charge in [-0.25, -0.2) is 0 Å². The molecule has 13 heavy (non-hydrogen) atoms. The monoisotopic (exact) mass is 176 g/mol. The molecule has 0 aromatic rings. The van der Waals surface area contributed by atoms with Crippen LogP contribution in [0.1, 0.15) is 40.0 Å². The van der Waals surface area contributed by atoms with Crippen molar-refractivity contribution >= 4 is 0 Å². The number of rotatable bonds is 2. The van der Waals surface area contributed by atoms with Gasteiger partial charge in [0.1, 0.15) is 0 Å². The fraction of sp³-hybridized carbons (Fsp3) is 0.538. The quantitative estimate of drug-likeness (QED) is 0.590. The molecule has 0 nitrogen and oxygen atoms in total. The largest absolute Gasteiger partial charge is 0.0807 e. The first-order valence-corrected chi connectivity index (χ1v) is 5.10. The Labute approximate surface area is 82.0 Å². The standard InChI is InChI=1S/C13H20/c1-13(2,3)11-10-12-8-6-4-5-7-9-12/h4,6-9H,5,10-11H2,1-3H3. The summed E-state index contributed by atoms with van der Waals surface area (Å²) < 4.78 is 0. The maximum absolute atomic E-state index is 2.30. The van der Waals surface area contributed by atoms with E-state index in [4.69, 9.17) is 0 Å². The molecule has 0 aliphatic heterocycles. The van der Waals surface area contributed by atoms with Crippen molar-refractivity contribution in [1.29, 1.82) is 0 Å². The van der Waals surface area contributed by atoms with E-state index < -0.39 is 0 Å². The van der Waals surface area contributed by atoms with Gasteiger partial charge < -0.3 is 0 Å². The SMILES string of the molecule is CC(C)(C)CCC1=CC=CCC=C1. The van der Waals surface area contributed by atoms with Crippen molar-refractivity contribution in [3.8, 4) is 0 Å². The highest BCUT2D eigenvalue weighted by Crippen LogP contribution is 2.24. The molecular formula is C13H20. The molecule has 0 saturated carbocycles. The van der Waals surface area contributed by atoms with Gasteiger partial charge in [-0.1, -0.05) is 51.2 Å². The lowest BCUT2D eigenvalue weighted by atomic mass is 9.88. The number of hydrogen-bond donors (Lipinski definition) is 0. The molecule has 0 radical (unpaired) electrons. The Bertz CT molecular complexity index is 233. The average Bonchev–Trinajstić information content (AvgIpc) is 2.26. The Hall–Kier alpha value is -0.780. The summed E-state index contributed by atoms with van der Waals surface area (Å²) >= 11 is 0. The van der Waals surface area contributed by atoms with E-state index in [9.17, 15) is 0 Å². The first kappa shape index (κ1) is 10.3. The molecule has 0 aromatic carbocycles. The lowest BCUT2D eigenvalue weighted by Gasteiger charge is -2.17. The third-order valence-electron chi connectivity index (χ3n) is 2.21. The van der Waals surface area contributed by atoms with Gasteiger partial charge in [0, 0.05) is 0 Å². The van der Waals surface area contributed by atoms with Crippen LogP contribution < -0.4 is 0 Å². The second-order valence-corrected chi connectivity index (χ2v) is 4.87. The Balaban J connectivity index is 2.45. The van der Waals surface area contributed by atoms with Crippen LogP contribution in [0.3, 0.4) is 0 Å². The zero-order chi connectivity index (χ0) is 9.73. The van der Waals surface area contributed by atoms with Crippen molar-refractivity contribution in [1.82, 2.24) is 0 Å². The third-order valence-corrected chi connectivity index (χ3v) is 2.21. The summed E-state index contributed by atoms with van der Waals surface area (Å²) in [6, 6.07) is 0. The molecule has 72 valence electrons. The van der Waals surface area contributed by atoms with Crippen LogP contribution in [0, 0.1) is 5.41 Å². The van der Waals surface area contributed by atoms with E-state index in [0.717, 1.165) is 6.42 Å². The van der Waals surface area contributed by atoms with Gasteiger partial charge in [0.2, 0.25) is 0 Å². The topological polar surface area (TPSA) is 0 Å². The lowest BCUT2D eigenvalue weighted by Crippen LogP contribution is -2.04. The van der Waals surface area contributed by atoms with E-state index in [1.54, 1.807) is 0 Å². The molecule has 0 fully saturated rings. The highest BCUT2D eigenvalue weighted by Gasteiger charge is 2.09. The van der Waals surface area contributed by atoms with Crippen LogP contribution in [0.4, 0.5) is 0 Å². The van der Waals surface area contributed by atoms with Crippen LogP contribution in [-0.4, -0.2) is 0 Å². The maximum atomic E-state index is 2.30. The second-order valence-electron chi connectivity index (χ2n) is 4.87.